The Hall–Kier alpha value is -2.59. The SMILES string of the molecule is CC/C=C/C=C/C=C/CCCCCCCC(=O)OC(COC(=O)C/C=C/C/C=C/C/C=C/CC)COP(=O)(O)OC[C@@H](O)CO. The van der Waals surface area contributed by atoms with E-state index in [1.165, 1.54) is 0 Å². The van der Waals surface area contributed by atoms with Gasteiger partial charge in [0.2, 0.25) is 0 Å². The highest BCUT2D eigenvalue weighted by Gasteiger charge is 2.27. The minimum atomic E-state index is -4.63. The van der Waals surface area contributed by atoms with E-state index in [-0.39, 0.29) is 19.4 Å². The van der Waals surface area contributed by atoms with E-state index in [1.807, 2.05) is 42.5 Å². The largest absolute Gasteiger partial charge is 0.472 e. The second-order valence-corrected chi connectivity index (χ2v) is 11.6. The monoisotopic (exact) mass is 654 g/mol. The predicted molar refractivity (Wildman–Crippen MR) is 177 cm³/mol. The van der Waals surface area contributed by atoms with Crippen molar-refractivity contribution in [3.63, 3.8) is 0 Å². The van der Waals surface area contributed by atoms with Crippen molar-refractivity contribution in [1.29, 1.82) is 0 Å². The number of rotatable bonds is 28. The van der Waals surface area contributed by atoms with E-state index >= 15 is 0 Å². The molecule has 0 radical (unpaired) electrons. The van der Waals surface area contributed by atoms with E-state index in [4.69, 9.17) is 19.1 Å². The predicted octanol–water partition coefficient (Wildman–Crippen LogP) is 6.99. The van der Waals surface area contributed by atoms with Crippen LogP contribution in [0.1, 0.15) is 90.9 Å². The summed E-state index contributed by atoms with van der Waals surface area (Å²) < 4.78 is 32.2. The topological polar surface area (TPSA) is 149 Å². The lowest BCUT2D eigenvalue weighted by Crippen LogP contribution is -2.29. The molecule has 0 aromatic rings. The van der Waals surface area contributed by atoms with E-state index in [9.17, 15) is 24.2 Å². The third kappa shape index (κ3) is 29.9. The number of carbonyl (C=O) groups is 2. The number of allylic oxidation sites excluding steroid dienone is 11. The third-order valence-electron chi connectivity index (χ3n) is 5.95. The highest BCUT2D eigenvalue weighted by Crippen LogP contribution is 2.43. The molecule has 3 atom stereocenters. The van der Waals surface area contributed by atoms with Gasteiger partial charge >= 0.3 is 19.8 Å². The van der Waals surface area contributed by atoms with E-state index in [1.54, 1.807) is 6.08 Å². The van der Waals surface area contributed by atoms with E-state index in [0.29, 0.717) is 12.8 Å². The van der Waals surface area contributed by atoms with Gasteiger partial charge in [-0.05, 0) is 44.9 Å². The molecular weight excluding hydrogens is 599 g/mol. The summed E-state index contributed by atoms with van der Waals surface area (Å²) in [6, 6.07) is 0. The zero-order valence-electron chi connectivity index (χ0n) is 27.0. The summed E-state index contributed by atoms with van der Waals surface area (Å²) in [6.45, 7) is 1.92. The molecule has 11 heteroatoms. The van der Waals surface area contributed by atoms with Crippen LogP contribution in [-0.4, -0.2) is 65.7 Å². The average Bonchev–Trinajstić information content (AvgIpc) is 3.02. The second-order valence-electron chi connectivity index (χ2n) is 10.1. The minimum Gasteiger partial charge on any atom is -0.461 e. The van der Waals surface area contributed by atoms with Crippen LogP contribution in [0.5, 0.6) is 0 Å². The van der Waals surface area contributed by atoms with Gasteiger partial charge in [-0.1, -0.05) is 106 Å². The Morgan fingerprint density at radius 1 is 0.711 bits per heavy atom. The van der Waals surface area contributed by atoms with Crippen molar-refractivity contribution in [2.24, 2.45) is 0 Å². The van der Waals surface area contributed by atoms with Crippen LogP contribution in [0, 0.1) is 0 Å². The first kappa shape index (κ1) is 42.4. The summed E-state index contributed by atoms with van der Waals surface area (Å²) in [5.74, 6) is -1.10. The molecule has 0 spiro atoms. The Bertz CT molecular complexity index is 983. The van der Waals surface area contributed by atoms with Crippen LogP contribution < -0.4 is 0 Å². The molecule has 0 saturated heterocycles. The van der Waals surface area contributed by atoms with Gasteiger partial charge in [-0.15, -0.1) is 0 Å². The number of phosphoric ester groups is 1. The van der Waals surface area contributed by atoms with Crippen molar-refractivity contribution in [2.75, 3.05) is 26.4 Å². The van der Waals surface area contributed by atoms with Gasteiger partial charge in [0.1, 0.15) is 12.7 Å². The number of ether oxygens (including phenoxy) is 2. The van der Waals surface area contributed by atoms with Gasteiger partial charge in [0.15, 0.2) is 6.10 Å². The van der Waals surface area contributed by atoms with Gasteiger partial charge in [0.25, 0.3) is 0 Å². The third-order valence-corrected chi connectivity index (χ3v) is 6.90. The van der Waals surface area contributed by atoms with Crippen molar-refractivity contribution in [3.05, 3.63) is 72.9 Å². The smallest absolute Gasteiger partial charge is 0.461 e. The van der Waals surface area contributed by atoms with Crippen molar-refractivity contribution < 1.29 is 47.8 Å². The van der Waals surface area contributed by atoms with Crippen molar-refractivity contribution in [3.8, 4) is 0 Å². The lowest BCUT2D eigenvalue weighted by molar-refractivity contribution is -0.160. The van der Waals surface area contributed by atoms with Crippen molar-refractivity contribution >= 4 is 19.8 Å². The Morgan fingerprint density at radius 3 is 2.00 bits per heavy atom. The highest BCUT2D eigenvalue weighted by molar-refractivity contribution is 7.47. The fraction of sp³-hybridized carbons (Fsp3) is 0.588. The Kier molecular flexibility index (Phi) is 28.4. The molecule has 0 fully saturated rings. The van der Waals surface area contributed by atoms with Gasteiger partial charge in [-0.25, -0.2) is 4.57 Å². The number of aliphatic hydroxyl groups is 2. The molecule has 0 aromatic heterocycles. The lowest BCUT2D eigenvalue weighted by Gasteiger charge is -2.20. The van der Waals surface area contributed by atoms with E-state index < -0.39 is 51.8 Å². The maximum Gasteiger partial charge on any atom is 0.472 e. The van der Waals surface area contributed by atoms with E-state index in [0.717, 1.165) is 51.4 Å². The molecule has 2 unspecified atom stereocenters. The summed E-state index contributed by atoms with van der Waals surface area (Å²) >= 11 is 0. The maximum absolute atomic E-state index is 12.4. The Balaban J connectivity index is 4.61. The molecule has 0 rings (SSSR count). The quantitative estimate of drug-likeness (QED) is 0.0265. The lowest BCUT2D eigenvalue weighted by atomic mass is 10.1. The first-order chi connectivity index (χ1) is 21.7. The molecule has 0 aromatic carbocycles. The zero-order valence-corrected chi connectivity index (χ0v) is 27.9. The van der Waals surface area contributed by atoms with Gasteiger partial charge in [0.05, 0.1) is 26.2 Å². The highest BCUT2D eigenvalue weighted by atomic mass is 31.2. The molecule has 10 nitrogen and oxygen atoms in total. The summed E-state index contributed by atoms with van der Waals surface area (Å²) in [7, 11) is -4.63. The number of phosphoric acid groups is 1. The summed E-state index contributed by atoms with van der Waals surface area (Å²) in [5, 5.41) is 18.2. The molecule has 0 saturated carbocycles. The van der Waals surface area contributed by atoms with Crippen LogP contribution in [0.3, 0.4) is 0 Å². The standard InChI is InChI=1S/C34H55O10P/c1-3-5-7-9-11-13-14-15-16-18-20-22-24-26-34(38)44-32(30-43-45(39,40)42-28-31(36)27-35)29-41-33(37)25-23-21-19-17-12-10-8-6-4-2/h5-9,11-14,17,21,23,31-32,35-36H,3-4,10,15-16,18-20,22,24-30H2,1-2H3,(H,39,40)/b7-5+,8-6+,11-9+,14-13+,17-12+,23-21+/t31-,32?/m0/s1. The molecule has 0 aliphatic heterocycles. The summed E-state index contributed by atoms with van der Waals surface area (Å²) in [6.07, 6.45) is 30.7. The van der Waals surface area contributed by atoms with Crippen LogP contribution in [0.2, 0.25) is 0 Å². The molecular formula is C34H55O10P. The Morgan fingerprint density at radius 2 is 1.31 bits per heavy atom. The first-order valence-corrected chi connectivity index (χ1v) is 17.4. The molecule has 0 heterocycles. The number of hydrogen-bond donors (Lipinski definition) is 3. The molecule has 0 bridgehead atoms. The molecule has 45 heavy (non-hydrogen) atoms. The number of aliphatic hydroxyl groups excluding tert-OH is 2. The molecule has 3 N–H and O–H groups in total. The molecule has 0 aliphatic rings. The molecule has 256 valence electrons. The number of esters is 2. The fourth-order valence-electron chi connectivity index (χ4n) is 3.52. The summed E-state index contributed by atoms with van der Waals surface area (Å²) in [4.78, 5) is 34.5. The second kappa shape index (κ2) is 30.1. The van der Waals surface area contributed by atoms with Crippen molar-refractivity contribution in [1.82, 2.24) is 0 Å². The van der Waals surface area contributed by atoms with Crippen LogP contribution in [0.4, 0.5) is 0 Å². The van der Waals surface area contributed by atoms with Crippen LogP contribution in [-0.2, 0) is 32.7 Å². The van der Waals surface area contributed by atoms with Crippen molar-refractivity contribution in [2.45, 2.75) is 103 Å². The van der Waals surface area contributed by atoms with Gasteiger partial charge in [-0.3, -0.25) is 18.6 Å². The number of carbonyl (C=O) groups excluding carboxylic acids is 2. The normalized spacial score (nSPS) is 15.2. The summed E-state index contributed by atoms with van der Waals surface area (Å²) in [5.41, 5.74) is 0. The van der Waals surface area contributed by atoms with Crippen LogP contribution >= 0.6 is 7.82 Å². The number of unbranched alkanes of at least 4 members (excludes halogenated alkanes) is 5. The number of hydrogen-bond acceptors (Lipinski definition) is 9. The van der Waals surface area contributed by atoms with Gasteiger partial charge in [0, 0.05) is 6.42 Å². The fourth-order valence-corrected chi connectivity index (χ4v) is 4.31. The van der Waals surface area contributed by atoms with Crippen LogP contribution in [0.15, 0.2) is 72.9 Å². The molecule has 0 aliphatic carbocycles. The van der Waals surface area contributed by atoms with E-state index in [2.05, 4.69) is 42.7 Å². The molecule has 0 amide bonds. The van der Waals surface area contributed by atoms with Crippen LogP contribution in [0.25, 0.3) is 0 Å². The minimum absolute atomic E-state index is 0.00848. The van der Waals surface area contributed by atoms with Gasteiger partial charge < -0.3 is 24.6 Å². The zero-order chi connectivity index (χ0) is 33.4. The van der Waals surface area contributed by atoms with Gasteiger partial charge in [-0.2, -0.15) is 0 Å². The Labute approximate surface area is 269 Å². The average molecular weight is 655 g/mol. The first-order valence-electron chi connectivity index (χ1n) is 15.9. The maximum atomic E-state index is 12.4.